The third-order valence-electron chi connectivity index (χ3n) is 3.57. The van der Waals surface area contributed by atoms with Gasteiger partial charge in [-0.15, -0.1) is 0 Å². The first-order valence-corrected chi connectivity index (χ1v) is 6.89. The SMILES string of the molecule is CC(O)(CNC(=O)[C@H]1Cc2ccccc2CN1)CC(=O)O. The molecule has 1 aromatic rings. The van der Waals surface area contributed by atoms with Crippen LogP contribution in [-0.4, -0.2) is 40.3 Å². The zero-order valence-corrected chi connectivity index (χ0v) is 11.9. The van der Waals surface area contributed by atoms with Gasteiger partial charge < -0.3 is 20.8 Å². The highest BCUT2D eigenvalue weighted by atomic mass is 16.4. The number of hydrogen-bond donors (Lipinski definition) is 4. The number of aliphatic carboxylic acids is 1. The van der Waals surface area contributed by atoms with Crippen molar-refractivity contribution in [3.63, 3.8) is 0 Å². The lowest BCUT2D eigenvalue weighted by molar-refractivity contribution is -0.142. The molecule has 21 heavy (non-hydrogen) atoms. The van der Waals surface area contributed by atoms with Crippen molar-refractivity contribution < 1.29 is 19.8 Å². The average molecular weight is 292 g/mol. The van der Waals surface area contributed by atoms with Crippen molar-refractivity contribution in [2.24, 2.45) is 0 Å². The van der Waals surface area contributed by atoms with Gasteiger partial charge in [-0.05, 0) is 24.5 Å². The van der Waals surface area contributed by atoms with E-state index in [4.69, 9.17) is 5.11 Å². The summed E-state index contributed by atoms with van der Waals surface area (Å²) in [6, 6.07) is 7.56. The van der Waals surface area contributed by atoms with E-state index in [0.717, 1.165) is 5.56 Å². The number of carbonyl (C=O) groups is 2. The van der Waals surface area contributed by atoms with E-state index in [2.05, 4.69) is 10.6 Å². The topological polar surface area (TPSA) is 98.7 Å². The average Bonchev–Trinajstić information content (AvgIpc) is 2.43. The predicted molar refractivity (Wildman–Crippen MR) is 76.7 cm³/mol. The highest BCUT2D eigenvalue weighted by Gasteiger charge is 2.28. The third-order valence-corrected chi connectivity index (χ3v) is 3.57. The maximum atomic E-state index is 12.1. The van der Waals surface area contributed by atoms with Gasteiger partial charge in [0.1, 0.15) is 0 Å². The Morgan fingerprint density at radius 3 is 2.71 bits per heavy atom. The number of carboxylic acid groups (broad SMARTS) is 1. The minimum atomic E-state index is -1.45. The summed E-state index contributed by atoms with van der Waals surface area (Å²) >= 11 is 0. The van der Waals surface area contributed by atoms with E-state index >= 15 is 0 Å². The van der Waals surface area contributed by atoms with Crippen LogP contribution in [0.15, 0.2) is 24.3 Å². The molecule has 0 saturated heterocycles. The number of benzene rings is 1. The van der Waals surface area contributed by atoms with E-state index < -0.39 is 18.0 Å². The fourth-order valence-electron chi connectivity index (χ4n) is 2.43. The van der Waals surface area contributed by atoms with E-state index in [9.17, 15) is 14.7 Å². The van der Waals surface area contributed by atoms with Crippen LogP contribution in [-0.2, 0) is 22.6 Å². The Bertz CT molecular complexity index is 542. The van der Waals surface area contributed by atoms with E-state index in [0.29, 0.717) is 13.0 Å². The number of rotatable bonds is 5. The van der Waals surface area contributed by atoms with E-state index in [1.54, 1.807) is 0 Å². The summed E-state index contributed by atoms with van der Waals surface area (Å²) in [4.78, 5) is 22.7. The summed E-state index contributed by atoms with van der Waals surface area (Å²) in [5.74, 6) is -1.32. The minimum Gasteiger partial charge on any atom is -0.481 e. The molecule has 114 valence electrons. The summed E-state index contributed by atoms with van der Waals surface area (Å²) in [5, 5.41) is 24.3. The summed E-state index contributed by atoms with van der Waals surface area (Å²) in [6.45, 7) is 1.93. The van der Waals surface area contributed by atoms with Crippen LogP contribution < -0.4 is 10.6 Å². The standard InChI is InChI=1S/C15H20N2O4/c1-15(21,7-13(18)19)9-17-14(20)12-6-10-4-2-3-5-11(10)8-16-12/h2-5,12,16,21H,6-9H2,1H3,(H,17,20)(H,18,19)/t12-,15?/m1/s1. The molecule has 1 aliphatic rings. The fraction of sp³-hybridized carbons (Fsp3) is 0.467. The molecule has 0 spiro atoms. The quantitative estimate of drug-likeness (QED) is 0.614. The normalized spacial score (nSPS) is 20.2. The van der Waals surface area contributed by atoms with Gasteiger partial charge in [-0.2, -0.15) is 0 Å². The molecule has 2 atom stereocenters. The number of hydrogen-bond acceptors (Lipinski definition) is 4. The smallest absolute Gasteiger partial charge is 0.306 e. The number of nitrogens with one attached hydrogen (secondary N) is 2. The zero-order chi connectivity index (χ0) is 15.5. The molecule has 0 saturated carbocycles. The lowest BCUT2D eigenvalue weighted by atomic mass is 9.95. The van der Waals surface area contributed by atoms with Crippen molar-refractivity contribution in [1.29, 1.82) is 0 Å². The van der Waals surface area contributed by atoms with Gasteiger partial charge >= 0.3 is 5.97 Å². The van der Waals surface area contributed by atoms with Crippen molar-refractivity contribution in [2.75, 3.05) is 6.54 Å². The highest BCUT2D eigenvalue weighted by molar-refractivity contribution is 5.82. The second-order valence-corrected chi connectivity index (χ2v) is 5.69. The third kappa shape index (κ3) is 4.27. The van der Waals surface area contributed by atoms with Crippen LogP contribution in [0.25, 0.3) is 0 Å². The number of amides is 1. The van der Waals surface area contributed by atoms with Gasteiger partial charge in [0, 0.05) is 13.1 Å². The van der Waals surface area contributed by atoms with Crippen molar-refractivity contribution >= 4 is 11.9 Å². The number of aliphatic hydroxyl groups is 1. The molecule has 0 bridgehead atoms. The Hall–Kier alpha value is -1.92. The number of carbonyl (C=O) groups excluding carboxylic acids is 1. The lowest BCUT2D eigenvalue weighted by Gasteiger charge is -2.27. The fourth-order valence-corrected chi connectivity index (χ4v) is 2.43. The van der Waals surface area contributed by atoms with Crippen LogP contribution in [0.3, 0.4) is 0 Å². The largest absolute Gasteiger partial charge is 0.481 e. The first-order valence-electron chi connectivity index (χ1n) is 6.89. The molecule has 6 nitrogen and oxygen atoms in total. The molecule has 1 aromatic carbocycles. The molecule has 1 amide bonds. The summed E-state index contributed by atoms with van der Waals surface area (Å²) < 4.78 is 0. The number of carboxylic acids is 1. The molecule has 0 radical (unpaired) electrons. The maximum absolute atomic E-state index is 12.1. The van der Waals surface area contributed by atoms with Crippen LogP contribution in [0.5, 0.6) is 0 Å². The van der Waals surface area contributed by atoms with Crippen LogP contribution >= 0.6 is 0 Å². The molecule has 0 aromatic heterocycles. The summed E-state index contributed by atoms with van der Waals surface area (Å²) in [7, 11) is 0. The van der Waals surface area contributed by atoms with Crippen LogP contribution in [0, 0.1) is 0 Å². The van der Waals surface area contributed by atoms with Gasteiger partial charge in [0.2, 0.25) is 5.91 Å². The van der Waals surface area contributed by atoms with Crippen molar-refractivity contribution in [1.82, 2.24) is 10.6 Å². The molecule has 1 heterocycles. The molecule has 4 N–H and O–H groups in total. The van der Waals surface area contributed by atoms with Gasteiger partial charge in [-0.1, -0.05) is 24.3 Å². The maximum Gasteiger partial charge on any atom is 0.306 e. The molecule has 6 heteroatoms. The van der Waals surface area contributed by atoms with Gasteiger partial charge in [-0.3, -0.25) is 9.59 Å². The Morgan fingerprint density at radius 2 is 2.05 bits per heavy atom. The zero-order valence-electron chi connectivity index (χ0n) is 11.9. The molecule has 2 rings (SSSR count). The molecule has 1 unspecified atom stereocenters. The van der Waals surface area contributed by atoms with E-state index in [1.165, 1.54) is 12.5 Å². The summed E-state index contributed by atoms with van der Waals surface area (Å²) in [5.41, 5.74) is 0.863. The monoisotopic (exact) mass is 292 g/mol. The first kappa shape index (κ1) is 15.5. The second-order valence-electron chi connectivity index (χ2n) is 5.69. The molecule has 1 aliphatic heterocycles. The second kappa shape index (κ2) is 6.24. The van der Waals surface area contributed by atoms with Crippen molar-refractivity contribution in [2.45, 2.75) is 38.0 Å². The lowest BCUT2D eigenvalue weighted by Crippen LogP contribution is -2.51. The Labute approximate surface area is 123 Å². The Morgan fingerprint density at radius 1 is 1.38 bits per heavy atom. The van der Waals surface area contributed by atoms with Gasteiger partial charge in [-0.25, -0.2) is 0 Å². The minimum absolute atomic E-state index is 0.0854. The Kier molecular flexibility index (Phi) is 4.59. The van der Waals surface area contributed by atoms with Gasteiger partial charge in [0.15, 0.2) is 0 Å². The number of fused-ring (bicyclic) bond motifs is 1. The molecule has 0 aliphatic carbocycles. The highest BCUT2D eigenvalue weighted by Crippen LogP contribution is 2.16. The van der Waals surface area contributed by atoms with Gasteiger partial charge in [0.05, 0.1) is 18.1 Å². The molecular formula is C15H20N2O4. The van der Waals surface area contributed by atoms with E-state index in [1.807, 2.05) is 24.3 Å². The van der Waals surface area contributed by atoms with E-state index in [-0.39, 0.29) is 18.5 Å². The first-order chi connectivity index (χ1) is 9.87. The van der Waals surface area contributed by atoms with Gasteiger partial charge in [0.25, 0.3) is 0 Å². The van der Waals surface area contributed by atoms with Crippen molar-refractivity contribution in [3.05, 3.63) is 35.4 Å². The summed E-state index contributed by atoms with van der Waals surface area (Å²) in [6.07, 6.45) is 0.178. The van der Waals surface area contributed by atoms with Crippen LogP contribution in [0.2, 0.25) is 0 Å². The predicted octanol–water partition coefficient (Wildman–Crippen LogP) is 0.0428. The van der Waals surface area contributed by atoms with Crippen LogP contribution in [0.1, 0.15) is 24.5 Å². The molecular weight excluding hydrogens is 272 g/mol. The van der Waals surface area contributed by atoms with Crippen molar-refractivity contribution in [3.8, 4) is 0 Å². The molecule has 0 fully saturated rings. The van der Waals surface area contributed by atoms with Crippen LogP contribution in [0.4, 0.5) is 0 Å². The Balaban J connectivity index is 1.89.